The van der Waals surface area contributed by atoms with Crippen LogP contribution in [0.4, 0.5) is 11.4 Å². The first kappa shape index (κ1) is 20.8. The van der Waals surface area contributed by atoms with Gasteiger partial charge in [-0.2, -0.15) is 5.10 Å². The van der Waals surface area contributed by atoms with E-state index in [0.29, 0.717) is 16.6 Å². The Morgan fingerprint density at radius 3 is 2.57 bits per heavy atom. The first-order valence-electron chi connectivity index (χ1n) is 8.95. The molecule has 2 aromatic carbocycles. The van der Waals surface area contributed by atoms with E-state index < -0.39 is 28.1 Å². The second-order valence-electron chi connectivity index (χ2n) is 7.40. The van der Waals surface area contributed by atoms with Crippen molar-refractivity contribution in [2.45, 2.75) is 26.4 Å². The van der Waals surface area contributed by atoms with Crippen LogP contribution >= 0.6 is 0 Å². The topological polar surface area (TPSA) is 136 Å². The molecule has 0 aliphatic heterocycles. The SMILES string of the molecule is COc1cccc(C(=O)Nc2ccc3c(C(=O)OC(C)(C)C)n[nH]c3c2)c1[N+](=O)[O-]. The molecule has 30 heavy (non-hydrogen) atoms. The zero-order chi connectivity index (χ0) is 22.1. The molecular weight excluding hydrogens is 392 g/mol. The van der Waals surface area contributed by atoms with Crippen LogP contribution in [0.25, 0.3) is 10.9 Å². The molecule has 0 aliphatic carbocycles. The van der Waals surface area contributed by atoms with Crippen LogP contribution in [-0.4, -0.2) is 39.7 Å². The van der Waals surface area contributed by atoms with Gasteiger partial charge in [0.2, 0.25) is 0 Å². The number of aromatic nitrogens is 2. The number of carbonyl (C=O) groups excluding carboxylic acids is 2. The molecule has 0 radical (unpaired) electrons. The molecule has 0 unspecified atom stereocenters. The molecule has 0 fully saturated rings. The molecule has 10 nitrogen and oxygen atoms in total. The predicted octanol–water partition coefficient (Wildman–Crippen LogP) is 3.69. The number of anilines is 1. The van der Waals surface area contributed by atoms with Crippen molar-refractivity contribution in [1.82, 2.24) is 10.2 Å². The largest absolute Gasteiger partial charge is 0.490 e. The lowest BCUT2D eigenvalue weighted by molar-refractivity contribution is -0.386. The Hall–Kier alpha value is -3.95. The monoisotopic (exact) mass is 412 g/mol. The fourth-order valence-corrected chi connectivity index (χ4v) is 2.84. The molecule has 3 aromatic rings. The number of hydrogen-bond donors (Lipinski definition) is 2. The number of carbonyl (C=O) groups is 2. The van der Waals surface area contributed by atoms with Crippen molar-refractivity contribution in [3.63, 3.8) is 0 Å². The zero-order valence-electron chi connectivity index (χ0n) is 16.8. The summed E-state index contributed by atoms with van der Waals surface area (Å²) in [6.45, 7) is 5.27. The summed E-state index contributed by atoms with van der Waals surface area (Å²) in [7, 11) is 1.29. The van der Waals surface area contributed by atoms with Crippen molar-refractivity contribution in [3.05, 3.63) is 57.8 Å². The van der Waals surface area contributed by atoms with Gasteiger partial charge in [0.25, 0.3) is 5.91 Å². The van der Waals surface area contributed by atoms with Gasteiger partial charge in [0.1, 0.15) is 11.2 Å². The number of ether oxygens (including phenoxy) is 2. The van der Waals surface area contributed by atoms with Crippen molar-refractivity contribution in [2.75, 3.05) is 12.4 Å². The standard InChI is InChI=1S/C20H20N4O6/c1-20(2,3)30-19(26)16-12-9-8-11(10-14(12)22-23-16)21-18(25)13-6-5-7-15(29-4)17(13)24(27)28/h5-10H,1-4H3,(H,21,25)(H,22,23). The number of nitro groups is 1. The highest BCUT2D eigenvalue weighted by atomic mass is 16.6. The number of esters is 1. The highest BCUT2D eigenvalue weighted by Crippen LogP contribution is 2.31. The van der Waals surface area contributed by atoms with E-state index in [4.69, 9.17) is 9.47 Å². The lowest BCUT2D eigenvalue weighted by Gasteiger charge is -2.18. The quantitative estimate of drug-likeness (QED) is 0.370. The number of H-pyrrole nitrogens is 1. The molecule has 0 aliphatic rings. The van der Waals surface area contributed by atoms with E-state index in [1.807, 2.05) is 0 Å². The summed E-state index contributed by atoms with van der Waals surface area (Å²) < 4.78 is 10.3. The molecule has 0 saturated heterocycles. The Labute approximate surface area is 171 Å². The average molecular weight is 412 g/mol. The summed E-state index contributed by atoms with van der Waals surface area (Å²) in [4.78, 5) is 35.7. The molecule has 0 spiro atoms. The van der Waals surface area contributed by atoms with E-state index in [2.05, 4.69) is 15.5 Å². The summed E-state index contributed by atoms with van der Waals surface area (Å²) in [6.07, 6.45) is 0. The van der Waals surface area contributed by atoms with E-state index in [9.17, 15) is 19.7 Å². The Kier molecular flexibility index (Phi) is 5.41. The normalized spacial score (nSPS) is 11.2. The third kappa shape index (κ3) is 4.22. The number of benzene rings is 2. The molecular formula is C20H20N4O6. The van der Waals surface area contributed by atoms with Crippen molar-refractivity contribution >= 4 is 34.2 Å². The summed E-state index contributed by atoms with van der Waals surface area (Å²) >= 11 is 0. The number of fused-ring (bicyclic) bond motifs is 1. The van der Waals surface area contributed by atoms with Gasteiger partial charge in [-0.15, -0.1) is 0 Å². The Morgan fingerprint density at radius 2 is 1.93 bits per heavy atom. The number of aromatic amines is 1. The van der Waals surface area contributed by atoms with Crippen molar-refractivity contribution in [3.8, 4) is 5.75 Å². The van der Waals surface area contributed by atoms with E-state index in [0.717, 1.165) is 0 Å². The average Bonchev–Trinajstić information content (AvgIpc) is 3.09. The van der Waals surface area contributed by atoms with Crippen molar-refractivity contribution < 1.29 is 24.0 Å². The number of amides is 1. The van der Waals surface area contributed by atoms with Gasteiger partial charge in [0.05, 0.1) is 17.5 Å². The second-order valence-corrected chi connectivity index (χ2v) is 7.40. The van der Waals surface area contributed by atoms with Crippen LogP contribution in [0.5, 0.6) is 5.75 Å². The first-order valence-corrected chi connectivity index (χ1v) is 8.95. The summed E-state index contributed by atoms with van der Waals surface area (Å²) in [5, 5.41) is 21.2. The van der Waals surface area contributed by atoms with Crippen LogP contribution in [0.3, 0.4) is 0 Å². The second kappa shape index (κ2) is 7.82. The Bertz CT molecular complexity index is 1150. The van der Waals surface area contributed by atoms with Gasteiger partial charge in [0, 0.05) is 11.1 Å². The maximum Gasteiger partial charge on any atom is 0.360 e. The van der Waals surface area contributed by atoms with Gasteiger partial charge in [-0.25, -0.2) is 4.79 Å². The fraction of sp³-hybridized carbons (Fsp3) is 0.250. The Morgan fingerprint density at radius 1 is 1.20 bits per heavy atom. The summed E-state index contributed by atoms with van der Waals surface area (Å²) in [6, 6.07) is 8.98. The lowest BCUT2D eigenvalue weighted by atomic mass is 10.1. The van der Waals surface area contributed by atoms with E-state index in [1.165, 1.54) is 25.3 Å². The van der Waals surface area contributed by atoms with Gasteiger partial charge < -0.3 is 14.8 Å². The van der Waals surface area contributed by atoms with E-state index >= 15 is 0 Å². The molecule has 2 N–H and O–H groups in total. The number of para-hydroxylation sites is 1. The van der Waals surface area contributed by atoms with E-state index in [-0.39, 0.29) is 17.0 Å². The van der Waals surface area contributed by atoms with Crippen LogP contribution in [0.2, 0.25) is 0 Å². The lowest BCUT2D eigenvalue weighted by Crippen LogP contribution is -2.24. The van der Waals surface area contributed by atoms with Gasteiger partial charge in [0.15, 0.2) is 11.4 Å². The minimum Gasteiger partial charge on any atom is -0.490 e. The predicted molar refractivity (Wildman–Crippen MR) is 109 cm³/mol. The maximum absolute atomic E-state index is 12.6. The fourth-order valence-electron chi connectivity index (χ4n) is 2.84. The molecule has 0 saturated carbocycles. The van der Waals surface area contributed by atoms with Crippen LogP contribution in [0.15, 0.2) is 36.4 Å². The number of nitro benzene ring substituents is 1. The highest BCUT2D eigenvalue weighted by Gasteiger charge is 2.26. The number of hydrogen-bond acceptors (Lipinski definition) is 7. The molecule has 0 atom stereocenters. The third-order valence-electron chi connectivity index (χ3n) is 4.06. The minimum absolute atomic E-state index is 0.0151. The van der Waals surface area contributed by atoms with Crippen LogP contribution in [0.1, 0.15) is 41.6 Å². The van der Waals surface area contributed by atoms with Crippen LogP contribution in [-0.2, 0) is 4.74 Å². The number of nitrogens with one attached hydrogen (secondary N) is 2. The molecule has 10 heteroatoms. The minimum atomic E-state index is -0.674. The van der Waals surface area contributed by atoms with Gasteiger partial charge in [-0.05, 0) is 51.1 Å². The van der Waals surface area contributed by atoms with E-state index in [1.54, 1.807) is 39.0 Å². The number of rotatable bonds is 5. The Balaban J connectivity index is 1.88. The van der Waals surface area contributed by atoms with Gasteiger partial charge in [-0.3, -0.25) is 20.0 Å². The molecule has 3 rings (SSSR count). The number of nitrogens with zero attached hydrogens (tertiary/aromatic N) is 2. The highest BCUT2D eigenvalue weighted by molar-refractivity contribution is 6.09. The molecule has 1 amide bonds. The molecule has 0 bridgehead atoms. The smallest absolute Gasteiger partial charge is 0.360 e. The third-order valence-corrected chi connectivity index (χ3v) is 4.06. The van der Waals surface area contributed by atoms with Gasteiger partial charge >= 0.3 is 11.7 Å². The molecule has 156 valence electrons. The number of methoxy groups -OCH3 is 1. The van der Waals surface area contributed by atoms with Crippen molar-refractivity contribution in [1.29, 1.82) is 0 Å². The summed E-state index contributed by atoms with van der Waals surface area (Å²) in [5.41, 5.74) is -0.244. The molecule has 1 heterocycles. The van der Waals surface area contributed by atoms with Crippen LogP contribution < -0.4 is 10.1 Å². The van der Waals surface area contributed by atoms with Crippen LogP contribution in [0, 0.1) is 10.1 Å². The van der Waals surface area contributed by atoms with Gasteiger partial charge in [-0.1, -0.05) is 6.07 Å². The maximum atomic E-state index is 12.6. The zero-order valence-corrected chi connectivity index (χ0v) is 16.8. The summed E-state index contributed by atoms with van der Waals surface area (Å²) in [5.74, 6) is -1.26. The molecule has 1 aromatic heterocycles. The first-order chi connectivity index (χ1) is 14.1. The van der Waals surface area contributed by atoms with Crippen molar-refractivity contribution in [2.24, 2.45) is 0 Å².